The van der Waals surface area contributed by atoms with Crippen molar-refractivity contribution in [2.24, 2.45) is 5.73 Å². The summed E-state index contributed by atoms with van der Waals surface area (Å²) in [6.07, 6.45) is 2.67. The minimum atomic E-state index is 0. The third-order valence-electron chi connectivity index (χ3n) is 3.36. The number of thiophene rings is 1. The highest BCUT2D eigenvalue weighted by atomic mass is 35.5. The summed E-state index contributed by atoms with van der Waals surface area (Å²) >= 11 is 9.56. The maximum Gasteiger partial charge on any atom is 0.131 e. The van der Waals surface area contributed by atoms with Gasteiger partial charge in [0.05, 0.1) is 22.4 Å². The van der Waals surface area contributed by atoms with Gasteiger partial charge in [-0.2, -0.15) is 0 Å². The lowest BCUT2D eigenvalue weighted by atomic mass is 10.1. The lowest BCUT2D eigenvalue weighted by molar-refractivity contribution is 0.744. The zero-order chi connectivity index (χ0) is 15.7. The molecule has 24 heavy (non-hydrogen) atoms. The summed E-state index contributed by atoms with van der Waals surface area (Å²) in [5.41, 5.74) is 9.10. The second kappa shape index (κ2) is 9.17. The van der Waals surface area contributed by atoms with Crippen LogP contribution in [0.2, 0.25) is 5.15 Å². The minimum absolute atomic E-state index is 0. The molecule has 0 spiro atoms. The van der Waals surface area contributed by atoms with E-state index in [0.29, 0.717) is 11.7 Å². The highest BCUT2D eigenvalue weighted by Gasteiger charge is 2.15. The summed E-state index contributed by atoms with van der Waals surface area (Å²) in [5.74, 6) is 0. The Morgan fingerprint density at radius 2 is 2.12 bits per heavy atom. The maximum atomic E-state index is 6.19. The molecule has 0 aromatic carbocycles. The molecular weight excluding hydrogens is 407 g/mol. The van der Waals surface area contributed by atoms with E-state index in [1.807, 2.05) is 24.6 Å². The first-order chi connectivity index (χ1) is 10.5. The van der Waals surface area contributed by atoms with Gasteiger partial charge >= 0.3 is 0 Å². The van der Waals surface area contributed by atoms with E-state index < -0.39 is 0 Å². The van der Waals surface area contributed by atoms with Crippen LogP contribution in [-0.2, 0) is 13.0 Å². The fourth-order valence-electron chi connectivity index (χ4n) is 2.32. The first kappa shape index (κ1) is 21.4. The smallest absolute Gasteiger partial charge is 0.131 e. The number of halogens is 3. The molecule has 0 bridgehead atoms. The number of rotatable bonds is 5. The molecule has 0 unspecified atom stereocenters. The summed E-state index contributed by atoms with van der Waals surface area (Å²) in [6.45, 7) is 4.79. The number of aryl methyl sites for hydroxylation is 1. The normalized spacial score (nSPS) is 11.7. The van der Waals surface area contributed by atoms with Crippen molar-refractivity contribution in [3.8, 4) is 0 Å². The number of aromatic nitrogens is 2. The van der Waals surface area contributed by atoms with E-state index in [0.717, 1.165) is 27.3 Å². The van der Waals surface area contributed by atoms with E-state index in [1.54, 1.807) is 22.7 Å². The standard InChI is InChI=1S/C15H17ClN4S2.2ClH/c1-8(17)5-11-9(2)14-15(22-11)10(6-12(16)20-14)19-7-13-18-3-4-21-13;;/h3-4,6,8H,5,7,17H2,1-2H3,(H,19,20);2*1H/t8-;;/m0../s1. The number of thiazole rings is 1. The molecule has 0 amide bonds. The monoisotopic (exact) mass is 424 g/mol. The van der Waals surface area contributed by atoms with Crippen molar-refractivity contribution in [3.63, 3.8) is 0 Å². The summed E-state index contributed by atoms with van der Waals surface area (Å²) in [5, 5.41) is 6.95. The molecule has 0 aliphatic carbocycles. The molecular formula is C15H19Cl3N4S2. The van der Waals surface area contributed by atoms with Crippen molar-refractivity contribution < 1.29 is 0 Å². The third-order valence-corrected chi connectivity index (χ3v) is 5.67. The quantitative estimate of drug-likeness (QED) is 0.561. The SMILES string of the molecule is Cc1c(C[C@H](C)N)sc2c(NCc3nccs3)cc(Cl)nc12.Cl.Cl. The van der Waals surface area contributed by atoms with Gasteiger partial charge in [0.2, 0.25) is 0 Å². The molecule has 0 aliphatic rings. The van der Waals surface area contributed by atoms with E-state index in [4.69, 9.17) is 17.3 Å². The van der Waals surface area contributed by atoms with Crippen molar-refractivity contribution in [2.75, 3.05) is 5.32 Å². The number of anilines is 1. The van der Waals surface area contributed by atoms with Gasteiger partial charge in [-0.3, -0.25) is 0 Å². The van der Waals surface area contributed by atoms with Crippen molar-refractivity contribution in [3.05, 3.63) is 38.2 Å². The van der Waals surface area contributed by atoms with Crippen molar-refractivity contribution in [1.82, 2.24) is 9.97 Å². The average Bonchev–Trinajstić information content (AvgIpc) is 3.07. The topological polar surface area (TPSA) is 63.8 Å². The van der Waals surface area contributed by atoms with Crippen LogP contribution in [0.4, 0.5) is 5.69 Å². The van der Waals surface area contributed by atoms with E-state index >= 15 is 0 Å². The van der Waals surface area contributed by atoms with E-state index in [1.165, 1.54) is 10.4 Å². The molecule has 0 saturated carbocycles. The zero-order valence-corrected chi connectivity index (χ0v) is 17.2. The molecule has 3 aromatic rings. The predicted octanol–water partition coefficient (Wildman–Crippen LogP) is 5.06. The molecule has 4 nitrogen and oxygen atoms in total. The first-order valence-electron chi connectivity index (χ1n) is 7.01. The maximum absolute atomic E-state index is 6.19. The summed E-state index contributed by atoms with van der Waals surface area (Å²) in [4.78, 5) is 10.1. The zero-order valence-electron chi connectivity index (χ0n) is 13.2. The van der Waals surface area contributed by atoms with Crippen LogP contribution in [0.3, 0.4) is 0 Å². The fourth-order valence-corrected chi connectivity index (χ4v) is 4.45. The van der Waals surface area contributed by atoms with Crippen LogP contribution in [-0.4, -0.2) is 16.0 Å². The van der Waals surface area contributed by atoms with Gasteiger partial charge in [-0.05, 0) is 25.8 Å². The van der Waals surface area contributed by atoms with Crippen LogP contribution in [0.15, 0.2) is 17.6 Å². The highest BCUT2D eigenvalue weighted by Crippen LogP contribution is 2.37. The number of nitrogens with two attached hydrogens (primary N) is 1. The molecule has 0 radical (unpaired) electrons. The number of pyridine rings is 1. The molecule has 0 saturated heterocycles. The van der Waals surface area contributed by atoms with Crippen LogP contribution >= 0.6 is 59.1 Å². The number of hydrogen-bond acceptors (Lipinski definition) is 6. The highest BCUT2D eigenvalue weighted by molar-refractivity contribution is 7.19. The largest absolute Gasteiger partial charge is 0.377 e. The molecule has 0 fully saturated rings. The van der Waals surface area contributed by atoms with E-state index in [-0.39, 0.29) is 30.9 Å². The lowest BCUT2D eigenvalue weighted by Gasteiger charge is -2.06. The van der Waals surface area contributed by atoms with Crippen LogP contribution in [0.5, 0.6) is 0 Å². The van der Waals surface area contributed by atoms with E-state index in [9.17, 15) is 0 Å². The minimum Gasteiger partial charge on any atom is -0.377 e. The Morgan fingerprint density at radius 1 is 1.38 bits per heavy atom. The van der Waals surface area contributed by atoms with Gasteiger partial charge in [-0.1, -0.05) is 11.6 Å². The van der Waals surface area contributed by atoms with Gasteiger partial charge < -0.3 is 11.1 Å². The van der Waals surface area contributed by atoms with E-state index in [2.05, 4.69) is 22.2 Å². The van der Waals surface area contributed by atoms with Crippen LogP contribution < -0.4 is 11.1 Å². The molecule has 3 N–H and O–H groups in total. The first-order valence-corrected chi connectivity index (χ1v) is 9.08. The van der Waals surface area contributed by atoms with Gasteiger partial charge in [0, 0.05) is 28.6 Å². The van der Waals surface area contributed by atoms with Gasteiger partial charge in [0.15, 0.2) is 0 Å². The number of fused-ring (bicyclic) bond motifs is 1. The summed E-state index contributed by atoms with van der Waals surface area (Å²) < 4.78 is 1.13. The number of nitrogens with one attached hydrogen (secondary N) is 1. The second-order valence-corrected chi connectivity index (χ2v) is 7.75. The Morgan fingerprint density at radius 3 is 2.75 bits per heavy atom. The molecule has 9 heteroatoms. The Hall–Kier alpha value is -0.630. The summed E-state index contributed by atoms with van der Waals surface area (Å²) in [7, 11) is 0. The predicted molar refractivity (Wildman–Crippen MR) is 111 cm³/mol. The molecule has 1 atom stereocenters. The average molecular weight is 426 g/mol. The molecule has 3 aromatic heterocycles. The van der Waals surface area contributed by atoms with Crippen molar-refractivity contribution >= 4 is 75.0 Å². The summed E-state index contributed by atoms with van der Waals surface area (Å²) in [6, 6.07) is 2.01. The molecule has 3 rings (SSSR count). The van der Waals surface area contributed by atoms with Gasteiger partial charge in [-0.25, -0.2) is 9.97 Å². The second-order valence-electron chi connectivity index (χ2n) is 5.28. The Balaban J connectivity index is 0.00000144. The molecule has 3 heterocycles. The third kappa shape index (κ3) is 4.71. The fraction of sp³-hybridized carbons (Fsp3) is 0.333. The van der Waals surface area contributed by atoms with Gasteiger partial charge in [0.25, 0.3) is 0 Å². The number of hydrogen-bond donors (Lipinski definition) is 2. The van der Waals surface area contributed by atoms with Crippen LogP contribution in [0.25, 0.3) is 10.2 Å². The molecule has 132 valence electrons. The van der Waals surface area contributed by atoms with Crippen molar-refractivity contribution in [2.45, 2.75) is 32.9 Å². The van der Waals surface area contributed by atoms with Crippen LogP contribution in [0.1, 0.15) is 22.4 Å². The molecule has 0 aliphatic heterocycles. The Labute approximate surface area is 166 Å². The Kier molecular flexibility index (Phi) is 8.19. The lowest BCUT2D eigenvalue weighted by Crippen LogP contribution is -2.17. The van der Waals surface area contributed by atoms with Gasteiger partial charge in [0.1, 0.15) is 10.2 Å². The van der Waals surface area contributed by atoms with Crippen LogP contribution in [0, 0.1) is 6.92 Å². The number of nitrogens with zero attached hydrogens (tertiary/aromatic N) is 2. The van der Waals surface area contributed by atoms with Gasteiger partial charge in [-0.15, -0.1) is 47.5 Å². The Bertz CT molecular complexity index is 788. The van der Waals surface area contributed by atoms with Crippen molar-refractivity contribution in [1.29, 1.82) is 0 Å².